The monoisotopic (exact) mass is 200 g/mol. The fourth-order valence-corrected chi connectivity index (χ4v) is 2.28. The summed E-state index contributed by atoms with van der Waals surface area (Å²) in [5.74, 6) is 0.452. The van der Waals surface area contributed by atoms with Gasteiger partial charge in [0, 0.05) is 6.61 Å². The fraction of sp³-hybridized carbons (Fsp3) is 1.00. The molecule has 0 aromatic heterocycles. The Balaban J connectivity index is 2.47. The Morgan fingerprint density at radius 3 is 2.79 bits per heavy atom. The summed E-state index contributed by atoms with van der Waals surface area (Å²) in [4.78, 5) is 0. The molecular weight excluding hydrogens is 176 g/mol. The molecule has 0 spiro atoms. The highest BCUT2D eigenvalue weighted by Crippen LogP contribution is 2.34. The molecule has 0 radical (unpaired) electrons. The maximum absolute atomic E-state index is 9.95. The Morgan fingerprint density at radius 1 is 1.50 bits per heavy atom. The number of rotatable bonds is 4. The smallest absolute Gasteiger partial charge is 0.0655 e. The lowest BCUT2D eigenvalue weighted by molar-refractivity contribution is -0.108. The summed E-state index contributed by atoms with van der Waals surface area (Å²) in [5.41, 5.74) is 0.0115. The van der Waals surface area contributed by atoms with Crippen molar-refractivity contribution < 1.29 is 9.84 Å². The normalized spacial score (nSPS) is 35.6. The summed E-state index contributed by atoms with van der Waals surface area (Å²) in [7, 11) is 0. The van der Waals surface area contributed by atoms with Crippen LogP contribution < -0.4 is 0 Å². The Bertz CT molecular complexity index is 170. The van der Waals surface area contributed by atoms with E-state index in [1.165, 1.54) is 0 Å². The first-order valence-electron chi connectivity index (χ1n) is 5.93. The quantitative estimate of drug-likeness (QED) is 0.756. The number of ether oxygens (including phenoxy) is 1. The van der Waals surface area contributed by atoms with E-state index in [1.807, 2.05) is 0 Å². The summed E-state index contributed by atoms with van der Waals surface area (Å²) in [6.07, 6.45) is 4.98. The minimum Gasteiger partial charge on any atom is -0.393 e. The van der Waals surface area contributed by atoms with Crippen molar-refractivity contribution in [2.24, 2.45) is 5.92 Å². The highest BCUT2D eigenvalue weighted by Gasteiger charge is 2.34. The third-order valence-electron chi connectivity index (χ3n) is 3.51. The lowest BCUT2D eigenvalue weighted by Crippen LogP contribution is -2.40. The van der Waals surface area contributed by atoms with Crippen LogP contribution in [0.3, 0.4) is 0 Å². The lowest BCUT2D eigenvalue weighted by Gasteiger charge is -2.39. The molecule has 1 N–H and O–H groups in total. The first-order chi connectivity index (χ1) is 6.61. The third-order valence-corrected chi connectivity index (χ3v) is 3.51. The molecule has 14 heavy (non-hydrogen) atoms. The van der Waals surface area contributed by atoms with Crippen LogP contribution in [0.1, 0.15) is 52.9 Å². The second kappa shape index (κ2) is 5.13. The molecule has 2 heteroatoms. The van der Waals surface area contributed by atoms with Crippen LogP contribution in [0.15, 0.2) is 0 Å². The molecule has 84 valence electrons. The molecule has 1 aliphatic heterocycles. The van der Waals surface area contributed by atoms with E-state index in [9.17, 15) is 5.11 Å². The zero-order valence-electron chi connectivity index (χ0n) is 9.75. The van der Waals surface area contributed by atoms with Crippen LogP contribution in [0.4, 0.5) is 0 Å². The van der Waals surface area contributed by atoms with Crippen molar-refractivity contribution in [1.29, 1.82) is 0 Å². The van der Waals surface area contributed by atoms with Crippen molar-refractivity contribution in [1.82, 2.24) is 0 Å². The van der Waals surface area contributed by atoms with E-state index in [-0.39, 0.29) is 11.7 Å². The minimum atomic E-state index is -0.116. The third kappa shape index (κ3) is 2.96. The molecule has 0 aliphatic carbocycles. The molecule has 0 amide bonds. The van der Waals surface area contributed by atoms with Gasteiger partial charge in [0.2, 0.25) is 0 Å². The van der Waals surface area contributed by atoms with Crippen molar-refractivity contribution in [3.63, 3.8) is 0 Å². The second-order valence-electron chi connectivity index (χ2n) is 4.76. The van der Waals surface area contributed by atoms with Crippen molar-refractivity contribution in [3.8, 4) is 0 Å². The average molecular weight is 200 g/mol. The van der Waals surface area contributed by atoms with Gasteiger partial charge in [0.05, 0.1) is 11.7 Å². The summed E-state index contributed by atoms with van der Waals surface area (Å²) in [6.45, 7) is 7.27. The van der Waals surface area contributed by atoms with Crippen molar-refractivity contribution in [3.05, 3.63) is 0 Å². The van der Waals surface area contributed by atoms with Crippen LogP contribution in [0.25, 0.3) is 0 Å². The summed E-state index contributed by atoms with van der Waals surface area (Å²) < 4.78 is 5.76. The Labute approximate surface area is 87.7 Å². The van der Waals surface area contributed by atoms with E-state index >= 15 is 0 Å². The predicted octanol–water partition coefficient (Wildman–Crippen LogP) is 2.74. The largest absolute Gasteiger partial charge is 0.393 e. The molecule has 0 aromatic rings. The molecular formula is C12H24O2. The average Bonchev–Trinajstić information content (AvgIpc) is 2.18. The van der Waals surface area contributed by atoms with Gasteiger partial charge in [-0.15, -0.1) is 0 Å². The molecule has 0 aromatic carbocycles. The van der Waals surface area contributed by atoms with Gasteiger partial charge in [0.15, 0.2) is 0 Å². The molecule has 0 bridgehead atoms. The molecule has 3 unspecified atom stereocenters. The zero-order valence-corrected chi connectivity index (χ0v) is 9.75. The highest BCUT2D eigenvalue weighted by molar-refractivity contribution is 4.84. The molecule has 3 atom stereocenters. The van der Waals surface area contributed by atoms with Gasteiger partial charge in [-0.25, -0.2) is 0 Å². The molecule has 0 saturated carbocycles. The maximum atomic E-state index is 9.95. The first kappa shape index (κ1) is 12.0. The summed E-state index contributed by atoms with van der Waals surface area (Å²) in [6, 6.07) is 0. The Hall–Kier alpha value is -0.0800. The van der Waals surface area contributed by atoms with Crippen molar-refractivity contribution in [2.45, 2.75) is 64.6 Å². The van der Waals surface area contributed by atoms with Crippen LogP contribution in [0.2, 0.25) is 0 Å². The van der Waals surface area contributed by atoms with Crippen LogP contribution in [-0.2, 0) is 4.74 Å². The van der Waals surface area contributed by atoms with Gasteiger partial charge in [0.25, 0.3) is 0 Å². The van der Waals surface area contributed by atoms with Gasteiger partial charge in [-0.3, -0.25) is 0 Å². The van der Waals surface area contributed by atoms with Crippen LogP contribution in [0.5, 0.6) is 0 Å². The second-order valence-corrected chi connectivity index (χ2v) is 4.76. The van der Waals surface area contributed by atoms with Gasteiger partial charge < -0.3 is 9.84 Å². The fourth-order valence-electron chi connectivity index (χ4n) is 2.28. The molecule has 1 saturated heterocycles. The summed E-state index contributed by atoms with van der Waals surface area (Å²) in [5, 5.41) is 9.95. The van der Waals surface area contributed by atoms with Crippen LogP contribution >= 0.6 is 0 Å². The van der Waals surface area contributed by atoms with E-state index in [1.54, 1.807) is 0 Å². The van der Waals surface area contributed by atoms with Gasteiger partial charge >= 0.3 is 0 Å². The minimum absolute atomic E-state index is 0.0115. The van der Waals surface area contributed by atoms with E-state index in [4.69, 9.17) is 4.74 Å². The van der Waals surface area contributed by atoms with Gasteiger partial charge in [0.1, 0.15) is 0 Å². The molecule has 1 rings (SSSR count). The maximum Gasteiger partial charge on any atom is 0.0655 e. The van der Waals surface area contributed by atoms with Crippen molar-refractivity contribution >= 4 is 0 Å². The number of aliphatic hydroxyl groups is 1. The van der Waals surface area contributed by atoms with Gasteiger partial charge in [-0.05, 0) is 38.5 Å². The first-order valence-corrected chi connectivity index (χ1v) is 5.93. The Morgan fingerprint density at radius 2 is 2.21 bits per heavy atom. The SMILES string of the molecule is CCCC(O)C1CCOC(C)(CC)C1. The standard InChI is InChI=1S/C12H24O2/c1-4-6-11(13)10-7-8-14-12(3,5-2)9-10/h10-11,13H,4-9H2,1-3H3. The zero-order chi connectivity index (χ0) is 10.6. The number of hydrogen-bond donors (Lipinski definition) is 1. The van der Waals surface area contributed by atoms with E-state index in [0.717, 1.165) is 38.7 Å². The summed E-state index contributed by atoms with van der Waals surface area (Å²) >= 11 is 0. The van der Waals surface area contributed by atoms with Gasteiger partial charge in [-0.1, -0.05) is 20.3 Å². The lowest BCUT2D eigenvalue weighted by atomic mass is 9.81. The van der Waals surface area contributed by atoms with Crippen LogP contribution in [0, 0.1) is 5.92 Å². The van der Waals surface area contributed by atoms with E-state index < -0.39 is 0 Å². The number of hydrogen-bond acceptors (Lipinski definition) is 2. The van der Waals surface area contributed by atoms with E-state index in [0.29, 0.717) is 5.92 Å². The molecule has 1 heterocycles. The molecule has 2 nitrogen and oxygen atoms in total. The van der Waals surface area contributed by atoms with Crippen molar-refractivity contribution in [2.75, 3.05) is 6.61 Å². The molecule has 1 aliphatic rings. The van der Waals surface area contributed by atoms with Gasteiger partial charge in [-0.2, -0.15) is 0 Å². The molecule has 1 fully saturated rings. The number of aliphatic hydroxyl groups excluding tert-OH is 1. The highest BCUT2D eigenvalue weighted by atomic mass is 16.5. The Kier molecular flexibility index (Phi) is 4.39. The van der Waals surface area contributed by atoms with Crippen LogP contribution in [-0.4, -0.2) is 23.4 Å². The predicted molar refractivity (Wildman–Crippen MR) is 58.3 cm³/mol. The van der Waals surface area contributed by atoms with E-state index in [2.05, 4.69) is 20.8 Å². The topological polar surface area (TPSA) is 29.5 Å².